The fourth-order valence-electron chi connectivity index (χ4n) is 2.06. The highest BCUT2D eigenvalue weighted by Gasteiger charge is 2.21. The van der Waals surface area contributed by atoms with Crippen LogP contribution in [0.15, 0.2) is 40.6 Å². The molecular formula is C13H7BrO2. The molecule has 2 aromatic rings. The highest BCUT2D eigenvalue weighted by Crippen LogP contribution is 2.34. The highest BCUT2D eigenvalue weighted by atomic mass is 79.9. The molecule has 0 radical (unpaired) electrons. The molecule has 0 atom stereocenters. The number of carbonyl (C=O) groups excluding carboxylic acids is 1. The van der Waals surface area contributed by atoms with E-state index in [1.54, 1.807) is 6.07 Å². The summed E-state index contributed by atoms with van der Waals surface area (Å²) in [6, 6.07) is 9.32. The van der Waals surface area contributed by atoms with Gasteiger partial charge in [0.05, 0.1) is 0 Å². The second-order valence-corrected chi connectivity index (χ2v) is 4.58. The van der Waals surface area contributed by atoms with Crippen molar-refractivity contribution in [2.24, 2.45) is 0 Å². The van der Waals surface area contributed by atoms with Crippen LogP contribution in [0.2, 0.25) is 0 Å². The van der Waals surface area contributed by atoms with E-state index in [-0.39, 0.29) is 11.5 Å². The van der Waals surface area contributed by atoms with Gasteiger partial charge in [-0.05, 0) is 23.1 Å². The molecule has 3 heteroatoms. The van der Waals surface area contributed by atoms with E-state index >= 15 is 0 Å². The molecule has 1 aliphatic carbocycles. The summed E-state index contributed by atoms with van der Waals surface area (Å²) in [5.74, 6) is -0.501. The topological polar surface area (TPSA) is 37.3 Å². The van der Waals surface area contributed by atoms with Gasteiger partial charge in [-0.1, -0.05) is 40.2 Å². The van der Waals surface area contributed by atoms with E-state index in [9.17, 15) is 9.90 Å². The molecular weight excluding hydrogens is 268 g/mol. The highest BCUT2D eigenvalue weighted by molar-refractivity contribution is 9.10. The third kappa shape index (κ3) is 1.15. The first-order valence-electron chi connectivity index (χ1n) is 4.85. The number of ketones is 1. The van der Waals surface area contributed by atoms with E-state index < -0.39 is 0 Å². The van der Waals surface area contributed by atoms with Crippen LogP contribution in [-0.2, 0) is 0 Å². The third-order valence-corrected chi connectivity index (χ3v) is 3.48. The average Bonchev–Trinajstić information content (AvgIpc) is 2.30. The zero-order chi connectivity index (χ0) is 11.3. The van der Waals surface area contributed by atoms with Crippen LogP contribution in [0, 0.1) is 0 Å². The maximum Gasteiger partial charge on any atom is 0.227 e. The lowest BCUT2D eigenvalue weighted by molar-refractivity contribution is 0.0981. The van der Waals surface area contributed by atoms with E-state index in [1.165, 1.54) is 6.08 Å². The Balaban J connectivity index is 2.56. The molecule has 0 aliphatic heterocycles. The lowest BCUT2D eigenvalue weighted by atomic mass is 9.91. The van der Waals surface area contributed by atoms with Gasteiger partial charge >= 0.3 is 0 Å². The van der Waals surface area contributed by atoms with Crippen LogP contribution in [-0.4, -0.2) is 10.9 Å². The zero-order valence-corrected chi connectivity index (χ0v) is 9.78. The summed E-state index contributed by atoms with van der Waals surface area (Å²) in [5.41, 5.74) is 1.44. The van der Waals surface area contributed by atoms with Gasteiger partial charge in [0.15, 0.2) is 5.76 Å². The predicted octanol–water partition coefficient (Wildman–Crippen LogP) is 3.70. The van der Waals surface area contributed by atoms with E-state index in [0.29, 0.717) is 5.56 Å². The van der Waals surface area contributed by atoms with Gasteiger partial charge in [0.1, 0.15) is 0 Å². The number of hydrogen-bond acceptors (Lipinski definition) is 2. The number of carbonyl (C=O) groups is 1. The Hall–Kier alpha value is -1.61. The molecule has 0 spiro atoms. The number of rotatable bonds is 0. The van der Waals surface area contributed by atoms with Crippen molar-refractivity contribution < 1.29 is 9.90 Å². The molecule has 78 valence electrons. The first-order chi connectivity index (χ1) is 7.68. The number of benzene rings is 2. The quantitative estimate of drug-likeness (QED) is 0.796. The first-order valence-corrected chi connectivity index (χ1v) is 5.64. The van der Waals surface area contributed by atoms with Crippen molar-refractivity contribution in [2.75, 3.05) is 0 Å². The predicted molar refractivity (Wildman–Crippen MR) is 66.6 cm³/mol. The Morgan fingerprint density at radius 1 is 1.12 bits per heavy atom. The summed E-state index contributed by atoms with van der Waals surface area (Å²) in [6.07, 6.45) is 1.52. The largest absolute Gasteiger partial charge is 0.504 e. The lowest BCUT2D eigenvalue weighted by Gasteiger charge is -2.14. The van der Waals surface area contributed by atoms with Crippen LogP contribution in [0.5, 0.6) is 0 Å². The Bertz CT molecular complexity index is 656. The molecule has 1 N–H and O–H groups in total. The van der Waals surface area contributed by atoms with E-state index in [2.05, 4.69) is 15.9 Å². The number of aliphatic hydroxyl groups is 1. The van der Waals surface area contributed by atoms with Gasteiger partial charge < -0.3 is 5.11 Å². The van der Waals surface area contributed by atoms with Gasteiger partial charge in [-0.2, -0.15) is 0 Å². The molecule has 2 aromatic carbocycles. The third-order valence-electron chi connectivity index (χ3n) is 2.79. The normalized spacial score (nSPS) is 14.1. The van der Waals surface area contributed by atoms with E-state index in [0.717, 1.165) is 20.8 Å². The molecule has 0 saturated heterocycles. The van der Waals surface area contributed by atoms with Crippen LogP contribution < -0.4 is 0 Å². The van der Waals surface area contributed by atoms with Crippen LogP contribution in [0.4, 0.5) is 0 Å². The SMILES string of the molecule is O=C1C(O)=Cc2ccc(Br)c3cccc1c23. The number of allylic oxidation sites excluding steroid dienone is 1. The molecule has 16 heavy (non-hydrogen) atoms. The minimum Gasteiger partial charge on any atom is -0.504 e. The molecule has 0 unspecified atom stereocenters. The summed E-state index contributed by atoms with van der Waals surface area (Å²) < 4.78 is 0.954. The molecule has 0 saturated carbocycles. The van der Waals surface area contributed by atoms with Gasteiger partial charge in [-0.25, -0.2) is 0 Å². The molecule has 0 aromatic heterocycles. The molecule has 2 nitrogen and oxygen atoms in total. The molecule has 0 fully saturated rings. The number of hydrogen-bond donors (Lipinski definition) is 1. The number of Topliss-reactive ketones (excluding diaryl/α,β-unsaturated/α-hetero) is 1. The summed E-state index contributed by atoms with van der Waals surface area (Å²) in [5, 5.41) is 11.4. The fraction of sp³-hybridized carbons (Fsp3) is 0. The molecule has 3 rings (SSSR count). The molecule has 1 aliphatic rings. The van der Waals surface area contributed by atoms with Gasteiger partial charge in [0.2, 0.25) is 5.78 Å². The van der Waals surface area contributed by atoms with Crippen molar-refractivity contribution >= 4 is 38.6 Å². The Labute approximate surface area is 100 Å². The number of halogens is 1. The van der Waals surface area contributed by atoms with Gasteiger partial charge in [-0.15, -0.1) is 0 Å². The summed E-state index contributed by atoms with van der Waals surface area (Å²) in [6.45, 7) is 0. The Morgan fingerprint density at radius 2 is 1.94 bits per heavy atom. The molecule has 0 amide bonds. The second-order valence-electron chi connectivity index (χ2n) is 3.72. The first kappa shape index (κ1) is 9.60. The Kier molecular flexibility index (Phi) is 1.91. The summed E-state index contributed by atoms with van der Waals surface area (Å²) >= 11 is 3.46. The van der Waals surface area contributed by atoms with Crippen molar-refractivity contribution in [3.8, 4) is 0 Å². The van der Waals surface area contributed by atoms with Crippen molar-refractivity contribution in [1.82, 2.24) is 0 Å². The van der Waals surface area contributed by atoms with Gasteiger partial charge in [0.25, 0.3) is 0 Å². The zero-order valence-electron chi connectivity index (χ0n) is 8.20. The Morgan fingerprint density at radius 3 is 2.75 bits per heavy atom. The summed E-state index contributed by atoms with van der Waals surface area (Å²) in [7, 11) is 0. The monoisotopic (exact) mass is 274 g/mol. The van der Waals surface area contributed by atoms with E-state index in [4.69, 9.17) is 0 Å². The van der Waals surface area contributed by atoms with E-state index in [1.807, 2.05) is 24.3 Å². The van der Waals surface area contributed by atoms with Crippen molar-refractivity contribution in [3.63, 3.8) is 0 Å². The van der Waals surface area contributed by atoms with Crippen molar-refractivity contribution in [1.29, 1.82) is 0 Å². The standard InChI is InChI=1S/C13H7BrO2/c14-10-5-4-7-6-11(15)13(16)9-3-1-2-8(10)12(7)9/h1-6,15H. The minimum atomic E-state index is -0.309. The van der Waals surface area contributed by atoms with Crippen LogP contribution in [0.3, 0.4) is 0 Å². The average molecular weight is 275 g/mol. The molecule has 0 heterocycles. The van der Waals surface area contributed by atoms with Gasteiger partial charge in [-0.3, -0.25) is 4.79 Å². The van der Waals surface area contributed by atoms with Crippen LogP contribution in [0.25, 0.3) is 16.8 Å². The smallest absolute Gasteiger partial charge is 0.227 e. The maximum atomic E-state index is 11.8. The van der Waals surface area contributed by atoms with Crippen molar-refractivity contribution in [2.45, 2.75) is 0 Å². The second kappa shape index (κ2) is 3.19. The molecule has 0 bridgehead atoms. The summed E-state index contributed by atoms with van der Waals surface area (Å²) in [4.78, 5) is 11.8. The fourth-order valence-corrected chi connectivity index (χ4v) is 2.52. The van der Waals surface area contributed by atoms with Gasteiger partial charge in [0, 0.05) is 15.4 Å². The lowest BCUT2D eigenvalue weighted by Crippen LogP contribution is -2.08. The number of aliphatic hydroxyl groups excluding tert-OH is 1. The van der Waals surface area contributed by atoms with Crippen LogP contribution >= 0.6 is 15.9 Å². The minimum absolute atomic E-state index is 0.192. The van der Waals surface area contributed by atoms with Crippen LogP contribution in [0.1, 0.15) is 15.9 Å². The van der Waals surface area contributed by atoms with Crippen molar-refractivity contribution in [3.05, 3.63) is 51.7 Å². The maximum absolute atomic E-state index is 11.8.